The van der Waals surface area contributed by atoms with Crippen molar-refractivity contribution in [3.8, 4) is 5.75 Å². The lowest BCUT2D eigenvalue weighted by Crippen LogP contribution is -2.09. The standard InChI is InChI=1S/C16H24N2O/c1-6-19-12-7-8-15-13(9-12)14(10-17-4)16(11(2)3)18(15)5/h7-9,11,17H,6,10H2,1-5H3. The minimum atomic E-state index is 0.510. The van der Waals surface area contributed by atoms with Gasteiger partial charge in [0.1, 0.15) is 5.75 Å². The van der Waals surface area contributed by atoms with E-state index in [4.69, 9.17) is 4.74 Å². The second-order valence-corrected chi connectivity index (χ2v) is 5.22. The van der Waals surface area contributed by atoms with Gasteiger partial charge in [-0.15, -0.1) is 0 Å². The molecule has 0 spiro atoms. The molecule has 3 nitrogen and oxygen atoms in total. The number of benzene rings is 1. The SMILES string of the molecule is CCOc1ccc2c(c1)c(CNC)c(C(C)C)n2C. The Morgan fingerprint density at radius 3 is 2.63 bits per heavy atom. The van der Waals surface area contributed by atoms with Crippen LogP contribution in [0.3, 0.4) is 0 Å². The molecule has 1 heterocycles. The van der Waals surface area contributed by atoms with Crippen LogP contribution in [0.4, 0.5) is 0 Å². The van der Waals surface area contributed by atoms with E-state index >= 15 is 0 Å². The van der Waals surface area contributed by atoms with Gasteiger partial charge >= 0.3 is 0 Å². The van der Waals surface area contributed by atoms with E-state index in [2.05, 4.69) is 49.0 Å². The number of hydrogen-bond donors (Lipinski definition) is 1. The van der Waals surface area contributed by atoms with Crippen molar-refractivity contribution in [3.63, 3.8) is 0 Å². The van der Waals surface area contributed by atoms with Gasteiger partial charge in [0.2, 0.25) is 0 Å². The van der Waals surface area contributed by atoms with E-state index in [-0.39, 0.29) is 0 Å². The van der Waals surface area contributed by atoms with Gasteiger partial charge in [0.25, 0.3) is 0 Å². The van der Waals surface area contributed by atoms with Gasteiger partial charge in [-0.2, -0.15) is 0 Å². The Bertz CT molecular complexity index is 570. The quantitative estimate of drug-likeness (QED) is 0.891. The van der Waals surface area contributed by atoms with Crippen molar-refractivity contribution in [2.24, 2.45) is 7.05 Å². The third kappa shape index (κ3) is 2.47. The van der Waals surface area contributed by atoms with Gasteiger partial charge in [0.05, 0.1) is 6.61 Å². The first-order valence-electron chi connectivity index (χ1n) is 6.98. The zero-order chi connectivity index (χ0) is 14.0. The lowest BCUT2D eigenvalue weighted by molar-refractivity contribution is 0.340. The van der Waals surface area contributed by atoms with E-state index in [1.54, 1.807) is 0 Å². The highest BCUT2D eigenvalue weighted by atomic mass is 16.5. The van der Waals surface area contributed by atoms with Crippen LogP contribution in [0.2, 0.25) is 0 Å². The zero-order valence-corrected chi connectivity index (χ0v) is 12.6. The molecule has 0 aliphatic carbocycles. The van der Waals surface area contributed by atoms with Crippen LogP contribution < -0.4 is 10.1 Å². The minimum Gasteiger partial charge on any atom is -0.494 e. The van der Waals surface area contributed by atoms with Gasteiger partial charge in [-0.05, 0) is 43.7 Å². The van der Waals surface area contributed by atoms with Crippen molar-refractivity contribution in [1.82, 2.24) is 9.88 Å². The summed E-state index contributed by atoms with van der Waals surface area (Å²) < 4.78 is 7.93. The number of ether oxygens (including phenoxy) is 1. The molecule has 0 aliphatic heterocycles. The summed E-state index contributed by atoms with van der Waals surface area (Å²) in [7, 11) is 4.15. The Morgan fingerprint density at radius 1 is 1.32 bits per heavy atom. The average Bonchev–Trinajstić information content (AvgIpc) is 2.64. The van der Waals surface area contributed by atoms with Crippen molar-refractivity contribution in [1.29, 1.82) is 0 Å². The number of aromatic nitrogens is 1. The highest BCUT2D eigenvalue weighted by molar-refractivity contribution is 5.87. The molecule has 0 saturated heterocycles. The lowest BCUT2D eigenvalue weighted by atomic mass is 10.0. The van der Waals surface area contributed by atoms with Crippen LogP contribution in [0, 0.1) is 0 Å². The summed E-state index contributed by atoms with van der Waals surface area (Å²) in [5.74, 6) is 1.46. The Labute approximate surface area is 115 Å². The maximum Gasteiger partial charge on any atom is 0.120 e. The molecule has 0 fully saturated rings. The van der Waals surface area contributed by atoms with Crippen LogP contribution >= 0.6 is 0 Å². The Balaban J connectivity index is 2.67. The van der Waals surface area contributed by atoms with E-state index < -0.39 is 0 Å². The first-order chi connectivity index (χ1) is 9.10. The molecular formula is C16H24N2O. The topological polar surface area (TPSA) is 26.2 Å². The van der Waals surface area contributed by atoms with Crippen LogP contribution in [0.25, 0.3) is 10.9 Å². The third-order valence-electron chi connectivity index (χ3n) is 3.54. The fourth-order valence-electron chi connectivity index (χ4n) is 2.87. The van der Waals surface area contributed by atoms with Gasteiger partial charge < -0.3 is 14.6 Å². The van der Waals surface area contributed by atoms with Crippen molar-refractivity contribution in [3.05, 3.63) is 29.5 Å². The predicted molar refractivity (Wildman–Crippen MR) is 80.9 cm³/mol. The van der Waals surface area contributed by atoms with Crippen LogP contribution in [-0.2, 0) is 13.6 Å². The predicted octanol–water partition coefficient (Wildman–Crippen LogP) is 3.42. The van der Waals surface area contributed by atoms with Gasteiger partial charge in [-0.25, -0.2) is 0 Å². The maximum absolute atomic E-state index is 5.63. The molecule has 0 atom stereocenters. The van der Waals surface area contributed by atoms with Crippen LogP contribution in [-0.4, -0.2) is 18.2 Å². The number of nitrogens with zero attached hydrogens (tertiary/aromatic N) is 1. The molecule has 0 saturated carbocycles. The van der Waals surface area contributed by atoms with Crippen molar-refractivity contribution < 1.29 is 4.74 Å². The molecule has 19 heavy (non-hydrogen) atoms. The summed E-state index contributed by atoms with van der Waals surface area (Å²) >= 11 is 0. The highest BCUT2D eigenvalue weighted by Gasteiger charge is 2.17. The fourth-order valence-corrected chi connectivity index (χ4v) is 2.87. The maximum atomic E-state index is 5.63. The molecule has 1 aromatic carbocycles. The molecule has 1 aromatic heterocycles. The van der Waals surface area contributed by atoms with E-state index in [0.29, 0.717) is 12.5 Å². The van der Waals surface area contributed by atoms with Gasteiger partial charge in [0.15, 0.2) is 0 Å². The number of nitrogens with one attached hydrogen (secondary N) is 1. The smallest absolute Gasteiger partial charge is 0.120 e. The molecule has 104 valence electrons. The molecule has 2 rings (SSSR count). The lowest BCUT2D eigenvalue weighted by Gasteiger charge is -2.11. The van der Waals surface area contributed by atoms with E-state index in [0.717, 1.165) is 12.3 Å². The average molecular weight is 260 g/mol. The van der Waals surface area contributed by atoms with Gasteiger partial charge in [-0.1, -0.05) is 13.8 Å². The summed E-state index contributed by atoms with van der Waals surface area (Å²) in [4.78, 5) is 0. The Hall–Kier alpha value is -1.48. The molecule has 0 radical (unpaired) electrons. The van der Waals surface area contributed by atoms with E-state index in [1.807, 2.05) is 14.0 Å². The summed E-state index contributed by atoms with van der Waals surface area (Å²) in [6, 6.07) is 6.38. The fraction of sp³-hybridized carbons (Fsp3) is 0.500. The zero-order valence-electron chi connectivity index (χ0n) is 12.6. The molecule has 3 heteroatoms. The monoisotopic (exact) mass is 260 g/mol. The summed E-state index contributed by atoms with van der Waals surface area (Å²) in [6.45, 7) is 8.11. The number of aryl methyl sites for hydroxylation is 1. The van der Waals surface area contributed by atoms with Crippen molar-refractivity contribution in [2.75, 3.05) is 13.7 Å². The highest BCUT2D eigenvalue weighted by Crippen LogP contribution is 2.32. The second kappa shape index (κ2) is 5.66. The normalized spacial score (nSPS) is 11.5. The first-order valence-corrected chi connectivity index (χ1v) is 6.98. The Kier molecular flexibility index (Phi) is 4.15. The van der Waals surface area contributed by atoms with Crippen LogP contribution in [0.5, 0.6) is 5.75 Å². The first kappa shape index (κ1) is 13.9. The van der Waals surface area contributed by atoms with Crippen molar-refractivity contribution in [2.45, 2.75) is 33.2 Å². The third-order valence-corrected chi connectivity index (χ3v) is 3.54. The molecule has 1 N–H and O–H groups in total. The molecule has 2 aromatic rings. The van der Waals surface area contributed by atoms with E-state index in [9.17, 15) is 0 Å². The van der Waals surface area contributed by atoms with Crippen LogP contribution in [0.1, 0.15) is 37.9 Å². The summed E-state index contributed by atoms with van der Waals surface area (Å²) in [5.41, 5.74) is 4.06. The second-order valence-electron chi connectivity index (χ2n) is 5.22. The molecular weight excluding hydrogens is 236 g/mol. The number of fused-ring (bicyclic) bond motifs is 1. The number of hydrogen-bond acceptors (Lipinski definition) is 2. The summed E-state index contributed by atoms with van der Waals surface area (Å²) in [5, 5.41) is 4.58. The largest absolute Gasteiger partial charge is 0.494 e. The van der Waals surface area contributed by atoms with E-state index in [1.165, 1.54) is 22.2 Å². The number of rotatable bonds is 5. The van der Waals surface area contributed by atoms with Crippen molar-refractivity contribution >= 4 is 10.9 Å². The molecule has 0 amide bonds. The Morgan fingerprint density at radius 2 is 2.05 bits per heavy atom. The molecule has 0 bridgehead atoms. The van der Waals surface area contributed by atoms with Gasteiger partial charge in [-0.3, -0.25) is 0 Å². The van der Waals surface area contributed by atoms with Gasteiger partial charge in [0, 0.05) is 30.2 Å². The molecule has 0 unspecified atom stereocenters. The minimum absolute atomic E-state index is 0.510. The summed E-state index contributed by atoms with van der Waals surface area (Å²) in [6.07, 6.45) is 0. The molecule has 0 aliphatic rings. The van der Waals surface area contributed by atoms with Crippen LogP contribution in [0.15, 0.2) is 18.2 Å².